The predicted molar refractivity (Wildman–Crippen MR) is 92.3 cm³/mol. The average molecular weight is 379 g/mol. The molecule has 1 unspecified atom stereocenters. The van der Waals surface area contributed by atoms with Crippen molar-refractivity contribution in [2.45, 2.75) is 22.8 Å². The van der Waals surface area contributed by atoms with Gasteiger partial charge in [0.15, 0.2) is 0 Å². The summed E-state index contributed by atoms with van der Waals surface area (Å²) in [4.78, 5) is 0.0306. The van der Waals surface area contributed by atoms with Crippen LogP contribution in [0.4, 0.5) is 0 Å². The zero-order chi connectivity index (χ0) is 18.8. The summed E-state index contributed by atoms with van der Waals surface area (Å²) >= 11 is 0. The molecule has 25 heavy (non-hydrogen) atoms. The van der Waals surface area contributed by atoms with Crippen LogP contribution >= 0.6 is 0 Å². The van der Waals surface area contributed by atoms with Crippen LogP contribution in [0.3, 0.4) is 0 Å². The molecule has 0 amide bonds. The third-order valence-electron chi connectivity index (χ3n) is 3.90. The monoisotopic (exact) mass is 379 g/mol. The third kappa shape index (κ3) is 4.05. The van der Waals surface area contributed by atoms with Crippen molar-refractivity contribution in [1.29, 1.82) is 5.26 Å². The molecule has 0 aliphatic rings. The second kappa shape index (κ2) is 6.93. The van der Waals surface area contributed by atoms with Crippen LogP contribution in [0.2, 0.25) is 0 Å². The van der Waals surface area contributed by atoms with Gasteiger partial charge in [0.25, 0.3) is 0 Å². The van der Waals surface area contributed by atoms with Crippen molar-refractivity contribution in [3.63, 3.8) is 0 Å². The lowest BCUT2D eigenvalue weighted by molar-refractivity contribution is 0.398. The fourth-order valence-electron chi connectivity index (χ4n) is 2.22. The minimum absolute atomic E-state index is 0.0407. The molecule has 0 spiro atoms. The van der Waals surface area contributed by atoms with E-state index in [0.29, 0.717) is 11.1 Å². The highest BCUT2D eigenvalue weighted by Gasteiger charge is 2.26. The normalized spacial score (nSPS) is 13.4. The van der Waals surface area contributed by atoms with Crippen LogP contribution in [0.15, 0.2) is 58.3 Å². The van der Waals surface area contributed by atoms with Gasteiger partial charge in [-0.2, -0.15) is 9.57 Å². The molecule has 0 aliphatic heterocycles. The lowest BCUT2D eigenvalue weighted by Gasteiger charge is -2.25. The molecule has 0 heterocycles. The van der Waals surface area contributed by atoms with Gasteiger partial charge in [-0.3, -0.25) is 0 Å². The first-order valence-electron chi connectivity index (χ1n) is 7.18. The highest BCUT2D eigenvalue weighted by molar-refractivity contribution is 7.89. The van der Waals surface area contributed by atoms with Gasteiger partial charge in [0.1, 0.15) is 0 Å². The second-order valence-corrected chi connectivity index (χ2v) is 9.01. The summed E-state index contributed by atoms with van der Waals surface area (Å²) in [5.74, 6) is 0. The van der Waals surface area contributed by atoms with Crippen LogP contribution in [0.25, 0.3) is 0 Å². The Morgan fingerprint density at radius 1 is 0.960 bits per heavy atom. The number of nitriles is 1. The topological polar surface area (TPSA) is 121 Å². The minimum atomic E-state index is -3.80. The Kier molecular flexibility index (Phi) is 5.29. The van der Waals surface area contributed by atoms with Crippen molar-refractivity contribution in [1.82, 2.24) is 4.31 Å². The molecule has 2 aromatic rings. The summed E-state index contributed by atoms with van der Waals surface area (Å²) in [5.41, 5.74) is 0.986. The first kappa shape index (κ1) is 19.1. The van der Waals surface area contributed by atoms with Crippen molar-refractivity contribution in [2.24, 2.45) is 5.14 Å². The van der Waals surface area contributed by atoms with E-state index < -0.39 is 26.1 Å². The molecule has 0 radical (unpaired) electrons. The van der Waals surface area contributed by atoms with E-state index in [1.165, 1.54) is 59.9 Å². The number of benzene rings is 2. The van der Waals surface area contributed by atoms with Crippen LogP contribution in [-0.4, -0.2) is 28.2 Å². The van der Waals surface area contributed by atoms with Crippen molar-refractivity contribution in [3.8, 4) is 6.07 Å². The zero-order valence-electron chi connectivity index (χ0n) is 13.6. The van der Waals surface area contributed by atoms with Crippen molar-refractivity contribution in [3.05, 3.63) is 59.7 Å². The Hall–Kier alpha value is -2.25. The first-order chi connectivity index (χ1) is 11.6. The number of sulfonamides is 2. The maximum atomic E-state index is 12.7. The molecular formula is C16H17N3O4S2. The summed E-state index contributed by atoms with van der Waals surface area (Å²) in [6.45, 7) is 1.69. The number of nitrogens with zero attached hydrogens (tertiary/aromatic N) is 2. The van der Waals surface area contributed by atoms with Gasteiger partial charge in [-0.1, -0.05) is 12.1 Å². The molecule has 2 rings (SSSR count). The summed E-state index contributed by atoms with van der Waals surface area (Å²) < 4.78 is 49.2. The fourth-order valence-corrected chi connectivity index (χ4v) is 4.09. The molecule has 7 nitrogen and oxygen atoms in total. The van der Waals surface area contributed by atoms with E-state index in [4.69, 9.17) is 10.4 Å². The smallest absolute Gasteiger partial charge is 0.225 e. The van der Waals surface area contributed by atoms with Gasteiger partial charge in [0.05, 0.1) is 21.4 Å². The molecule has 2 N–H and O–H groups in total. The fraction of sp³-hybridized carbons (Fsp3) is 0.188. The van der Waals surface area contributed by atoms with E-state index in [9.17, 15) is 16.8 Å². The Bertz CT molecular complexity index is 1010. The van der Waals surface area contributed by atoms with Gasteiger partial charge >= 0.3 is 0 Å². The maximum absolute atomic E-state index is 12.7. The zero-order valence-corrected chi connectivity index (χ0v) is 15.3. The number of hydrogen-bond acceptors (Lipinski definition) is 5. The van der Waals surface area contributed by atoms with E-state index in [-0.39, 0.29) is 9.79 Å². The van der Waals surface area contributed by atoms with Crippen molar-refractivity contribution in [2.75, 3.05) is 7.05 Å². The number of rotatable bonds is 5. The highest BCUT2D eigenvalue weighted by Crippen LogP contribution is 2.26. The van der Waals surface area contributed by atoms with Gasteiger partial charge in [0, 0.05) is 13.1 Å². The summed E-state index contributed by atoms with van der Waals surface area (Å²) in [7, 11) is -6.13. The molecule has 0 bridgehead atoms. The van der Waals surface area contributed by atoms with E-state index in [0.717, 1.165) is 0 Å². The van der Waals surface area contributed by atoms with Gasteiger partial charge in [0.2, 0.25) is 20.0 Å². The number of nitrogens with two attached hydrogens (primary N) is 1. The van der Waals surface area contributed by atoms with Crippen LogP contribution in [-0.2, 0) is 20.0 Å². The quantitative estimate of drug-likeness (QED) is 0.845. The summed E-state index contributed by atoms with van der Waals surface area (Å²) in [5, 5.41) is 13.9. The van der Waals surface area contributed by atoms with Crippen LogP contribution in [0, 0.1) is 11.3 Å². The van der Waals surface area contributed by atoms with E-state index in [2.05, 4.69) is 0 Å². The summed E-state index contributed by atoms with van der Waals surface area (Å²) in [6, 6.07) is 12.7. The SMILES string of the molecule is CC(c1ccc(S(N)(=O)=O)cc1)N(C)S(=O)(=O)c1ccc(C#N)cc1. The molecule has 0 aromatic heterocycles. The lowest BCUT2D eigenvalue weighted by atomic mass is 10.1. The number of hydrogen-bond donors (Lipinski definition) is 1. The van der Waals surface area contributed by atoms with E-state index in [1.54, 1.807) is 6.92 Å². The van der Waals surface area contributed by atoms with E-state index >= 15 is 0 Å². The number of primary sulfonamides is 1. The lowest BCUT2D eigenvalue weighted by Crippen LogP contribution is -2.29. The Morgan fingerprint density at radius 3 is 1.88 bits per heavy atom. The van der Waals surface area contributed by atoms with Crippen LogP contribution in [0.5, 0.6) is 0 Å². The third-order valence-corrected chi connectivity index (χ3v) is 6.77. The molecule has 0 fully saturated rings. The van der Waals surface area contributed by atoms with Crippen LogP contribution < -0.4 is 5.14 Å². The largest absolute Gasteiger partial charge is 0.243 e. The van der Waals surface area contributed by atoms with Crippen LogP contribution in [0.1, 0.15) is 24.1 Å². The molecule has 1 atom stereocenters. The van der Waals surface area contributed by atoms with Gasteiger partial charge < -0.3 is 0 Å². The van der Waals surface area contributed by atoms with Gasteiger partial charge in [-0.25, -0.2) is 22.0 Å². The molecule has 0 saturated carbocycles. The minimum Gasteiger partial charge on any atom is -0.225 e. The molecule has 132 valence electrons. The predicted octanol–water partition coefficient (Wildman–Crippen LogP) is 1.59. The van der Waals surface area contributed by atoms with Crippen molar-refractivity contribution >= 4 is 20.0 Å². The first-order valence-corrected chi connectivity index (χ1v) is 10.2. The molecule has 0 aliphatic carbocycles. The Balaban J connectivity index is 2.31. The molecule has 2 aromatic carbocycles. The molecular weight excluding hydrogens is 362 g/mol. The van der Waals surface area contributed by atoms with E-state index in [1.807, 2.05) is 6.07 Å². The summed E-state index contributed by atoms with van der Waals surface area (Å²) in [6.07, 6.45) is 0. The highest BCUT2D eigenvalue weighted by atomic mass is 32.2. The van der Waals surface area contributed by atoms with Gasteiger partial charge in [-0.15, -0.1) is 0 Å². The second-order valence-electron chi connectivity index (χ2n) is 5.45. The average Bonchev–Trinajstić information content (AvgIpc) is 2.59. The molecule has 0 saturated heterocycles. The Morgan fingerprint density at radius 2 is 1.44 bits per heavy atom. The van der Waals surface area contributed by atoms with Gasteiger partial charge in [-0.05, 0) is 48.9 Å². The maximum Gasteiger partial charge on any atom is 0.243 e. The molecule has 9 heteroatoms. The Labute approximate surface area is 147 Å². The standard InChI is InChI=1S/C16H17N3O4S2/c1-12(14-5-9-15(10-6-14)24(18,20)21)19(2)25(22,23)16-7-3-13(11-17)4-8-16/h3-10,12H,1-2H3,(H2,18,20,21). The van der Waals surface area contributed by atoms with Crippen molar-refractivity contribution < 1.29 is 16.8 Å².